The Kier molecular flexibility index (Phi) is 6.23. The van der Waals surface area contributed by atoms with Crippen LogP contribution in [0.3, 0.4) is 0 Å². The van der Waals surface area contributed by atoms with Crippen LogP contribution in [0.15, 0.2) is 18.2 Å². The molecule has 4 aliphatic rings. The zero-order chi connectivity index (χ0) is 25.6. The van der Waals surface area contributed by atoms with E-state index in [0.29, 0.717) is 44.3 Å². The summed E-state index contributed by atoms with van der Waals surface area (Å²) in [6.07, 6.45) is 3.32. The zero-order valence-electron chi connectivity index (χ0n) is 19.7. The van der Waals surface area contributed by atoms with Crippen molar-refractivity contribution in [3.63, 3.8) is 0 Å². The van der Waals surface area contributed by atoms with Gasteiger partial charge in [-0.05, 0) is 50.7 Å². The Bertz CT molecular complexity index is 1160. The van der Waals surface area contributed by atoms with Gasteiger partial charge in [-0.3, -0.25) is 39.0 Å². The molecular formula is C25H28N4O7. The van der Waals surface area contributed by atoms with Crippen molar-refractivity contribution >= 4 is 41.2 Å². The second-order valence-electron chi connectivity index (χ2n) is 9.98. The van der Waals surface area contributed by atoms with Crippen LogP contribution in [0.5, 0.6) is 0 Å². The highest BCUT2D eigenvalue weighted by Gasteiger charge is 2.46. The molecule has 0 bridgehead atoms. The first-order valence-electron chi connectivity index (χ1n) is 12.4. The van der Waals surface area contributed by atoms with Crippen LogP contribution in [0.4, 0.5) is 5.69 Å². The lowest BCUT2D eigenvalue weighted by Crippen LogP contribution is -2.54. The molecule has 3 N–H and O–H groups in total. The molecule has 2 saturated heterocycles. The Morgan fingerprint density at radius 1 is 0.944 bits per heavy atom. The van der Waals surface area contributed by atoms with E-state index in [4.69, 9.17) is 0 Å². The Balaban J connectivity index is 1.23. The van der Waals surface area contributed by atoms with Gasteiger partial charge in [-0.25, -0.2) is 0 Å². The maximum Gasteiger partial charge on any atom is 0.308 e. The van der Waals surface area contributed by atoms with Crippen LogP contribution in [0.25, 0.3) is 0 Å². The quantitative estimate of drug-likeness (QED) is 0.510. The number of aliphatic carboxylic acids is 1. The smallest absolute Gasteiger partial charge is 0.308 e. The van der Waals surface area contributed by atoms with Gasteiger partial charge >= 0.3 is 5.97 Å². The van der Waals surface area contributed by atoms with Crippen LogP contribution in [0, 0.1) is 11.8 Å². The average Bonchev–Trinajstić information content (AvgIpc) is 3.44. The van der Waals surface area contributed by atoms with Gasteiger partial charge < -0.3 is 15.3 Å². The van der Waals surface area contributed by atoms with Crippen molar-refractivity contribution < 1.29 is 33.9 Å². The topological polar surface area (TPSA) is 153 Å². The SMILES string of the molecule is O=C1CCC(N2C(=O)c3cccc(N[C@H]4CC[C@@H](C(=O)N5CCC(C(=O)O)C5)CC4)c3C2=O)C(=O)N1. The van der Waals surface area contributed by atoms with Crippen molar-refractivity contribution in [2.75, 3.05) is 18.4 Å². The third kappa shape index (κ3) is 4.22. The molecule has 3 aliphatic heterocycles. The summed E-state index contributed by atoms with van der Waals surface area (Å²) in [6.45, 7) is 0.742. The highest BCUT2D eigenvalue weighted by atomic mass is 16.4. The largest absolute Gasteiger partial charge is 0.481 e. The second-order valence-corrected chi connectivity index (χ2v) is 9.98. The van der Waals surface area contributed by atoms with E-state index in [1.165, 1.54) is 0 Å². The van der Waals surface area contributed by atoms with Crippen molar-refractivity contribution in [1.82, 2.24) is 15.1 Å². The number of likely N-dealkylation sites (tertiary alicyclic amines) is 1. The van der Waals surface area contributed by atoms with E-state index in [2.05, 4.69) is 10.6 Å². The molecule has 1 aromatic rings. The van der Waals surface area contributed by atoms with E-state index >= 15 is 0 Å². The molecule has 0 spiro atoms. The summed E-state index contributed by atoms with van der Waals surface area (Å²) in [5.41, 5.74) is 0.960. The van der Waals surface area contributed by atoms with Crippen molar-refractivity contribution in [2.45, 2.75) is 57.0 Å². The van der Waals surface area contributed by atoms with Gasteiger partial charge in [-0.15, -0.1) is 0 Å². The molecule has 2 atom stereocenters. The maximum absolute atomic E-state index is 13.3. The number of benzene rings is 1. The van der Waals surface area contributed by atoms with Crippen molar-refractivity contribution in [1.29, 1.82) is 0 Å². The highest BCUT2D eigenvalue weighted by molar-refractivity contribution is 6.25. The number of anilines is 1. The van der Waals surface area contributed by atoms with Crippen LogP contribution in [-0.4, -0.2) is 75.6 Å². The summed E-state index contributed by atoms with van der Waals surface area (Å²) in [4.78, 5) is 76.8. The first-order chi connectivity index (χ1) is 17.2. The van der Waals surface area contributed by atoms with Crippen molar-refractivity contribution in [2.24, 2.45) is 11.8 Å². The van der Waals surface area contributed by atoms with E-state index in [9.17, 15) is 33.9 Å². The highest BCUT2D eigenvalue weighted by Crippen LogP contribution is 2.35. The van der Waals surface area contributed by atoms with Crippen molar-refractivity contribution in [3.8, 4) is 0 Å². The number of carbonyl (C=O) groups excluding carboxylic acids is 5. The molecule has 1 aromatic carbocycles. The zero-order valence-corrected chi connectivity index (χ0v) is 19.7. The average molecular weight is 497 g/mol. The second kappa shape index (κ2) is 9.36. The lowest BCUT2D eigenvalue weighted by molar-refractivity contribution is -0.142. The number of rotatable bonds is 5. The van der Waals surface area contributed by atoms with Crippen molar-refractivity contribution in [3.05, 3.63) is 29.3 Å². The first kappa shape index (κ1) is 24.0. The molecule has 1 saturated carbocycles. The number of carboxylic acid groups (broad SMARTS) is 1. The molecule has 2 unspecified atom stereocenters. The standard InChI is InChI=1S/C25H28N4O7/c30-19-9-8-18(21(31)27-19)29-23(33)16-2-1-3-17(20(16)24(29)34)26-15-6-4-13(5-7-15)22(32)28-11-10-14(12-28)25(35)36/h1-3,13-15,18,26H,4-12H2,(H,35,36)(H,27,30,31)/t13-,14?,15+,18?. The molecule has 0 aromatic heterocycles. The molecule has 3 fully saturated rings. The summed E-state index contributed by atoms with van der Waals surface area (Å²) in [6, 6.07) is 3.95. The van der Waals surface area contributed by atoms with Crippen LogP contribution in [-0.2, 0) is 19.2 Å². The minimum absolute atomic E-state index is 0.00144. The number of fused-ring (bicyclic) bond motifs is 1. The number of nitrogens with zero attached hydrogens (tertiary/aromatic N) is 2. The number of piperidine rings is 1. The lowest BCUT2D eigenvalue weighted by Gasteiger charge is -2.31. The Labute approximate surface area is 207 Å². The predicted molar refractivity (Wildman–Crippen MR) is 125 cm³/mol. The third-order valence-electron chi connectivity index (χ3n) is 7.75. The molecule has 0 radical (unpaired) electrons. The fourth-order valence-corrected chi connectivity index (χ4v) is 5.76. The summed E-state index contributed by atoms with van der Waals surface area (Å²) in [5.74, 6) is -3.67. The molecular weight excluding hydrogens is 468 g/mol. The summed E-state index contributed by atoms with van der Waals surface area (Å²) in [7, 11) is 0. The number of hydrogen-bond donors (Lipinski definition) is 3. The fraction of sp³-hybridized carbons (Fsp3) is 0.520. The number of amides is 5. The Morgan fingerprint density at radius 2 is 1.69 bits per heavy atom. The minimum Gasteiger partial charge on any atom is -0.481 e. The van der Waals surface area contributed by atoms with Crippen LogP contribution < -0.4 is 10.6 Å². The maximum atomic E-state index is 13.3. The molecule has 36 heavy (non-hydrogen) atoms. The van der Waals surface area contributed by atoms with E-state index < -0.39 is 41.6 Å². The van der Waals surface area contributed by atoms with Gasteiger partial charge in [0.05, 0.1) is 17.0 Å². The molecule has 11 nitrogen and oxygen atoms in total. The monoisotopic (exact) mass is 496 g/mol. The van der Waals surface area contributed by atoms with E-state index in [1.54, 1.807) is 23.1 Å². The normalized spacial score (nSPS) is 28.2. The summed E-state index contributed by atoms with van der Waals surface area (Å²) >= 11 is 0. The minimum atomic E-state index is -1.02. The van der Waals surface area contributed by atoms with Gasteiger partial charge in [0.25, 0.3) is 11.8 Å². The first-order valence-corrected chi connectivity index (χ1v) is 12.4. The number of nitrogens with one attached hydrogen (secondary N) is 2. The van der Waals surface area contributed by atoms with Gasteiger partial charge in [0.15, 0.2) is 0 Å². The number of imide groups is 2. The van der Waals surface area contributed by atoms with Gasteiger partial charge in [0.2, 0.25) is 17.7 Å². The Hall–Kier alpha value is -3.76. The van der Waals surface area contributed by atoms with Crippen LogP contribution in [0.2, 0.25) is 0 Å². The number of carboxylic acids is 1. The molecule has 11 heteroatoms. The number of carbonyl (C=O) groups is 6. The molecule has 5 amide bonds. The van der Waals surface area contributed by atoms with E-state index in [0.717, 1.165) is 4.90 Å². The Morgan fingerprint density at radius 3 is 2.36 bits per heavy atom. The molecule has 1 aliphatic carbocycles. The predicted octanol–water partition coefficient (Wildman–Crippen LogP) is 0.992. The van der Waals surface area contributed by atoms with E-state index in [-0.39, 0.29) is 48.4 Å². The number of hydrogen-bond acceptors (Lipinski definition) is 7. The van der Waals surface area contributed by atoms with Crippen LogP contribution in [0.1, 0.15) is 65.7 Å². The van der Waals surface area contributed by atoms with Crippen LogP contribution >= 0.6 is 0 Å². The van der Waals surface area contributed by atoms with Gasteiger partial charge in [0, 0.05) is 37.2 Å². The summed E-state index contributed by atoms with van der Waals surface area (Å²) in [5, 5.41) is 14.8. The fourth-order valence-electron chi connectivity index (χ4n) is 5.76. The molecule has 190 valence electrons. The third-order valence-corrected chi connectivity index (χ3v) is 7.75. The van der Waals surface area contributed by atoms with Gasteiger partial charge in [-0.1, -0.05) is 6.07 Å². The van der Waals surface area contributed by atoms with Gasteiger partial charge in [-0.2, -0.15) is 0 Å². The van der Waals surface area contributed by atoms with E-state index in [1.807, 2.05) is 0 Å². The van der Waals surface area contributed by atoms with Gasteiger partial charge in [0.1, 0.15) is 6.04 Å². The summed E-state index contributed by atoms with van der Waals surface area (Å²) < 4.78 is 0. The molecule has 3 heterocycles. The lowest BCUT2D eigenvalue weighted by atomic mass is 9.85. The molecule has 5 rings (SSSR count).